The van der Waals surface area contributed by atoms with Crippen LogP contribution in [-0.2, 0) is 12.3 Å². The normalized spacial score (nSPS) is 16.8. The Morgan fingerprint density at radius 2 is 1.86 bits per heavy atom. The molecule has 0 bridgehead atoms. The maximum absolute atomic E-state index is 13.7. The molecule has 1 N–H and O–H groups in total. The van der Waals surface area contributed by atoms with Crippen LogP contribution < -0.4 is 14.8 Å². The van der Waals surface area contributed by atoms with Gasteiger partial charge >= 0.3 is 0 Å². The lowest BCUT2D eigenvalue weighted by atomic mass is 9.89. The van der Waals surface area contributed by atoms with E-state index >= 15 is 0 Å². The van der Waals surface area contributed by atoms with Crippen molar-refractivity contribution < 1.29 is 18.3 Å². The number of rotatable bonds is 5. The van der Waals surface area contributed by atoms with Crippen molar-refractivity contribution in [1.82, 2.24) is 5.32 Å². The topological polar surface area (TPSA) is 30.5 Å². The van der Waals surface area contributed by atoms with Gasteiger partial charge in [-0.1, -0.05) is 0 Å². The molecule has 5 heteroatoms. The summed E-state index contributed by atoms with van der Waals surface area (Å²) in [6.45, 7) is 2.87. The van der Waals surface area contributed by atoms with Crippen LogP contribution in [0.5, 0.6) is 11.5 Å². The summed E-state index contributed by atoms with van der Waals surface area (Å²) in [5.41, 5.74) is 0.782. The molecule has 118 valence electrons. The highest BCUT2D eigenvalue weighted by atomic mass is 19.3. The summed E-state index contributed by atoms with van der Waals surface area (Å²) in [5.74, 6) is -1.45. The van der Waals surface area contributed by atoms with Gasteiger partial charge in [-0.25, -0.2) is 8.78 Å². The molecular formula is C16H23F2NO2. The van der Waals surface area contributed by atoms with Crippen molar-refractivity contribution in [1.29, 1.82) is 0 Å². The monoisotopic (exact) mass is 299 g/mol. The van der Waals surface area contributed by atoms with E-state index in [0.29, 0.717) is 17.4 Å². The largest absolute Gasteiger partial charge is 0.493 e. The van der Waals surface area contributed by atoms with Crippen molar-refractivity contribution in [3.8, 4) is 11.5 Å². The number of hydrogen-bond donors (Lipinski definition) is 1. The van der Waals surface area contributed by atoms with Gasteiger partial charge in [0.2, 0.25) is 0 Å². The van der Waals surface area contributed by atoms with Crippen LogP contribution in [0.3, 0.4) is 0 Å². The van der Waals surface area contributed by atoms with Gasteiger partial charge < -0.3 is 14.8 Å². The zero-order valence-electron chi connectivity index (χ0n) is 12.8. The first kappa shape index (κ1) is 16.0. The highest BCUT2D eigenvalue weighted by molar-refractivity contribution is 5.50. The number of piperidine rings is 1. The van der Waals surface area contributed by atoms with Gasteiger partial charge in [-0.2, -0.15) is 0 Å². The molecule has 1 saturated heterocycles. The molecule has 1 aliphatic rings. The first-order chi connectivity index (χ1) is 9.95. The number of benzene rings is 1. The SMILES string of the molecule is COc1cc(C(C)(F)F)cc(CC2CCNCC2)c1OC. The third-order valence-corrected chi connectivity index (χ3v) is 4.03. The highest BCUT2D eigenvalue weighted by Crippen LogP contribution is 2.39. The zero-order chi connectivity index (χ0) is 15.5. The quantitative estimate of drug-likeness (QED) is 0.904. The van der Waals surface area contributed by atoms with Crippen LogP contribution in [0, 0.1) is 5.92 Å². The maximum atomic E-state index is 13.7. The second kappa shape index (κ2) is 6.60. The number of nitrogens with one attached hydrogen (secondary N) is 1. The fourth-order valence-electron chi connectivity index (χ4n) is 2.85. The van der Waals surface area contributed by atoms with E-state index in [1.807, 2.05) is 0 Å². The second-order valence-electron chi connectivity index (χ2n) is 5.66. The molecule has 0 atom stereocenters. The molecular weight excluding hydrogens is 276 g/mol. The van der Waals surface area contributed by atoms with Gasteiger partial charge in [-0.05, 0) is 56.0 Å². The van der Waals surface area contributed by atoms with Crippen molar-refractivity contribution in [2.75, 3.05) is 27.3 Å². The molecule has 3 nitrogen and oxygen atoms in total. The van der Waals surface area contributed by atoms with Gasteiger partial charge in [0.05, 0.1) is 14.2 Å². The molecule has 0 amide bonds. The molecule has 21 heavy (non-hydrogen) atoms. The molecule has 0 spiro atoms. The third kappa shape index (κ3) is 3.84. The molecule has 1 aliphatic heterocycles. The van der Waals surface area contributed by atoms with Crippen LogP contribution in [-0.4, -0.2) is 27.3 Å². The van der Waals surface area contributed by atoms with Crippen LogP contribution in [0.1, 0.15) is 30.9 Å². The van der Waals surface area contributed by atoms with E-state index in [-0.39, 0.29) is 5.56 Å². The number of halogens is 2. The Labute approximate surface area is 124 Å². The zero-order valence-corrected chi connectivity index (χ0v) is 12.8. The van der Waals surface area contributed by atoms with E-state index in [1.54, 1.807) is 13.2 Å². The van der Waals surface area contributed by atoms with Gasteiger partial charge in [0.1, 0.15) is 0 Å². The predicted molar refractivity (Wildman–Crippen MR) is 78.4 cm³/mol. The van der Waals surface area contributed by atoms with Gasteiger partial charge in [-0.3, -0.25) is 0 Å². The van der Waals surface area contributed by atoms with E-state index in [4.69, 9.17) is 9.47 Å². The predicted octanol–water partition coefficient (Wildman–Crippen LogP) is 3.36. The van der Waals surface area contributed by atoms with Gasteiger partial charge in [0.15, 0.2) is 11.5 Å². The summed E-state index contributed by atoms with van der Waals surface area (Å²) in [4.78, 5) is 0. The molecule has 2 rings (SSSR count). The average molecular weight is 299 g/mol. The minimum absolute atomic E-state index is 0.0240. The lowest BCUT2D eigenvalue weighted by Crippen LogP contribution is -2.28. The Morgan fingerprint density at radius 1 is 1.19 bits per heavy atom. The van der Waals surface area contributed by atoms with Crippen LogP contribution >= 0.6 is 0 Å². The number of alkyl halides is 2. The Hall–Kier alpha value is -1.36. The average Bonchev–Trinajstić information content (AvgIpc) is 2.46. The van der Waals surface area contributed by atoms with Crippen molar-refractivity contribution >= 4 is 0 Å². The molecule has 0 saturated carbocycles. The number of hydrogen-bond acceptors (Lipinski definition) is 3. The minimum atomic E-state index is -2.89. The van der Waals surface area contributed by atoms with E-state index in [1.165, 1.54) is 13.2 Å². The summed E-state index contributed by atoms with van der Waals surface area (Å²) in [6.07, 6.45) is 2.85. The fourth-order valence-corrected chi connectivity index (χ4v) is 2.85. The lowest BCUT2D eigenvalue weighted by Gasteiger charge is -2.25. The summed E-state index contributed by atoms with van der Waals surface area (Å²) in [5, 5.41) is 3.31. The fraction of sp³-hybridized carbons (Fsp3) is 0.625. The standard InChI is InChI=1S/C16H23F2NO2/c1-16(17,18)13-9-12(8-11-4-6-19-7-5-11)15(21-3)14(10-13)20-2/h9-11,19H,4-8H2,1-3H3. The Bertz CT molecular complexity index is 480. The number of methoxy groups -OCH3 is 2. The van der Waals surface area contributed by atoms with E-state index in [9.17, 15) is 8.78 Å². The van der Waals surface area contributed by atoms with Gasteiger partial charge in [-0.15, -0.1) is 0 Å². The molecule has 1 heterocycles. The summed E-state index contributed by atoms with van der Waals surface area (Å²) in [7, 11) is 3.03. The van der Waals surface area contributed by atoms with Crippen molar-refractivity contribution in [2.24, 2.45) is 5.92 Å². The van der Waals surface area contributed by atoms with Crippen LogP contribution in [0.15, 0.2) is 12.1 Å². The van der Waals surface area contributed by atoms with E-state index in [0.717, 1.165) is 44.8 Å². The maximum Gasteiger partial charge on any atom is 0.270 e. The van der Waals surface area contributed by atoms with Crippen molar-refractivity contribution in [3.05, 3.63) is 23.3 Å². The molecule has 1 fully saturated rings. The molecule has 0 radical (unpaired) electrons. The minimum Gasteiger partial charge on any atom is -0.493 e. The first-order valence-corrected chi connectivity index (χ1v) is 7.29. The Kier molecular flexibility index (Phi) is 5.04. The van der Waals surface area contributed by atoms with E-state index < -0.39 is 5.92 Å². The Balaban J connectivity index is 2.35. The summed E-state index contributed by atoms with van der Waals surface area (Å²) >= 11 is 0. The lowest BCUT2D eigenvalue weighted by molar-refractivity contribution is 0.0171. The van der Waals surface area contributed by atoms with Crippen LogP contribution in [0.25, 0.3) is 0 Å². The van der Waals surface area contributed by atoms with E-state index in [2.05, 4.69) is 5.32 Å². The van der Waals surface area contributed by atoms with Gasteiger partial charge in [0.25, 0.3) is 5.92 Å². The first-order valence-electron chi connectivity index (χ1n) is 7.29. The van der Waals surface area contributed by atoms with Crippen molar-refractivity contribution in [2.45, 2.75) is 32.1 Å². The number of ether oxygens (including phenoxy) is 2. The molecule has 0 aromatic heterocycles. The Morgan fingerprint density at radius 3 is 2.38 bits per heavy atom. The van der Waals surface area contributed by atoms with Crippen LogP contribution in [0.2, 0.25) is 0 Å². The molecule has 1 aromatic carbocycles. The van der Waals surface area contributed by atoms with Crippen molar-refractivity contribution in [3.63, 3.8) is 0 Å². The summed E-state index contributed by atoms with van der Waals surface area (Å²) < 4.78 is 37.9. The summed E-state index contributed by atoms with van der Waals surface area (Å²) in [6, 6.07) is 2.92. The third-order valence-electron chi connectivity index (χ3n) is 4.03. The van der Waals surface area contributed by atoms with Gasteiger partial charge in [0, 0.05) is 12.5 Å². The smallest absolute Gasteiger partial charge is 0.270 e. The molecule has 1 aromatic rings. The highest BCUT2D eigenvalue weighted by Gasteiger charge is 2.28. The molecule has 0 aliphatic carbocycles. The van der Waals surface area contributed by atoms with Crippen LogP contribution in [0.4, 0.5) is 8.78 Å². The second-order valence-corrected chi connectivity index (χ2v) is 5.66. The molecule has 0 unspecified atom stereocenters.